The van der Waals surface area contributed by atoms with Crippen LogP contribution in [0.2, 0.25) is 0 Å². The zero-order valence-electron chi connectivity index (χ0n) is 13.1. The molecule has 23 heavy (non-hydrogen) atoms. The number of likely N-dealkylation sites (N-methyl/N-ethyl adjacent to an activating group) is 1. The topological polar surface area (TPSA) is 31.4 Å². The second-order valence-corrected chi connectivity index (χ2v) is 8.65. The summed E-state index contributed by atoms with van der Waals surface area (Å²) in [5.41, 5.74) is 1.02. The Labute approximate surface area is 154 Å². The molecule has 0 amide bonds. The normalized spacial score (nSPS) is 21.0. The molecule has 1 saturated heterocycles. The van der Waals surface area contributed by atoms with Gasteiger partial charge in [0.05, 0.1) is 21.6 Å². The van der Waals surface area contributed by atoms with Crippen LogP contribution in [0.1, 0.15) is 22.7 Å². The lowest BCUT2D eigenvalue weighted by Gasteiger charge is -2.27. The Hall–Kier alpha value is -1.02. The summed E-state index contributed by atoms with van der Waals surface area (Å²) in [5.74, 6) is 0. The van der Waals surface area contributed by atoms with Gasteiger partial charge in [-0.3, -0.25) is 4.98 Å². The van der Waals surface area contributed by atoms with Crippen molar-refractivity contribution in [2.45, 2.75) is 12.1 Å². The average molecular weight is 411 g/mol. The number of pyridine rings is 1. The highest BCUT2D eigenvalue weighted by atomic mass is 79.9. The van der Waals surface area contributed by atoms with Gasteiger partial charge in [-0.25, -0.2) is 0 Å². The van der Waals surface area contributed by atoms with Gasteiger partial charge in [0.25, 0.3) is 0 Å². The Morgan fingerprint density at radius 2 is 2.17 bits per heavy atom. The van der Waals surface area contributed by atoms with Gasteiger partial charge in [-0.15, -0.1) is 11.3 Å². The highest BCUT2D eigenvalue weighted by Gasteiger charge is 2.40. The van der Waals surface area contributed by atoms with Crippen LogP contribution in [0.25, 0.3) is 0 Å². The number of aromatic nitrogens is 1. The largest absolute Gasteiger partial charge is 0.352 e. The molecule has 1 aliphatic rings. The number of halogens is 1. The Morgan fingerprint density at radius 1 is 1.35 bits per heavy atom. The van der Waals surface area contributed by atoms with E-state index in [-0.39, 0.29) is 12.1 Å². The van der Waals surface area contributed by atoms with E-state index in [2.05, 4.69) is 68.3 Å². The van der Waals surface area contributed by atoms with Gasteiger partial charge in [0.15, 0.2) is 5.11 Å². The summed E-state index contributed by atoms with van der Waals surface area (Å²) in [5, 5.41) is 4.27. The Kier molecular flexibility index (Phi) is 5.31. The van der Waals surface area contributed by atoms with E-state index in [1.165, 1.54) is 4.88 Å². The van der Waals surface area contributed by atoms with Crippen LogP contribution in [0.3, 0.4) is 0 Å². The molecule has 1 N–H and O–H groups in total. The number of thiocarbonyl (C=S) groups is 1. The van der Waals surface area contributed by atoms with Crippen molar-refractivity contribution in [2.24, 2.45) is 0 Å². The average Bonchev–Trinajstić information content (AvgIpc) is 3.09. The smallest absolute Gasteiger partial charge is 0.170 e. The molecule has 0 aliphatic carbocycles. The minimum absolute atomic E-state index is 0.0800. The molecule has 122 valence electrons. The van der Waals surface area contributed by atoms with Gasteiger partial charge in [0.2, 0.25) is 0 Å². The summed E-state index contributed by atoms with van der Waals surface area (Å²) in [7, 11) is 4.17. The SMILES string of the molecule is CN(C)CCN1C(=S)NC(c2ccccn2)C1c1ccc(Br)s1. The van der Waals surface area contributed by atoms with E-state index in [4.69, 9.17) is 12.2 Å². The molecule has 0 spiro atoms. The quantitative estimate of drug-likeness (QED) is 0.762. The third-order valence-corrected chi connectivity index (χ3v) is 5.92. The lowest BCUT2D eigenvalue weighted by molar-refractivity contribution is 0.280. The van der Waals surface area contributed by atoms with E-state index in [0.29, 0.717) is 0 Å². The molecule has 2 aromatic rings. The lowest BCUT2D eigenvalue weighted by atomic mass is 10.0. The highest BCUT2D eigenvalue weighted by molar-refractivity contribution is 9.11. The van der Waals surface area contributed by atoms with E-state index >= 15 is 0 Å². The van der Waals surface area contributed by atoms with Crippen LogP contribution in [0.5, 0.6) is 0 Å². The Balaban J connectivity index is 1.94. The van der Waals surface area contributed by atoms with E-state index in [1.807, 2.05) is 18.3 Å². The zero-order chi connectivity index (χ0) is 16.4. The van der Waals surface area contributed by atoms with Gasteiger partial charge >= 0.3 is 0 Å². The standard InChI is InChI=1S/C16H19BrN4S2/c1-20(2)9-10-21-15(12-6-7-13(17)23-12)14(19-16(21)22)11-5-3-4-8-18-11/h3-8,14-15H,9-10H2,1-2H3,(H,19,22). The molecule has 0 saturated carbocycles. The van der Waals surface area contributed by atoms with Crippen molar-refractivity contribution in [3.63, 3.8) is 0 Å². The molecule has 1 fully saturated rings. The van der Waals surface area contributed by atoms with E-state index in [9.17, 15) is 0 Å². The first-order chi connectivity index (χ1) is 11.1. The summed E-state index contributed by atoms with van der Waals surface area (Å²) in [6.07, 6.45) is 1.84. The van der Waals surface area contributed by atoms with Gasteiger partial charge in [-0.2, -0.15) is 0 Å². The van der Waals surface area contributed by atoms with Crippen molar-refractivity contribution in [3.8, 4) is 0 Å². The maximum atomic E-state index is 5.61. The van der Waals surface area contributed by atoms with Gasteiger partial charge in [0.1, 0.15) is 0 Å². The van der Waals surface area contributed by atoms with Crippen LogP contribution in [-0.4, -0.2) is 47.1 Å². The third kappa shape index (κ3) is 3.74. The Bertz CT molecular complexity index is 674. The van der Waals surface area contributed by atoms with E-state index in [0.717, 1.165) is 27.7 Å². The monoisotopic (exact) mass is 410 g/mol. The molecule has 0 aromatic carbocycles. The fraction of sp³-hybridized carbons (Fsp3) is 0.375. The van der Waals surface area contributed by atoms with Crippen LogP contribution in [0, 0.1) is 0 Å². The number of hydrogen-bond acceptors (Lipinski definition) is 4. The first-order valence-electron chi connectivity index (χ1n) is 7.44. The number of hydrogen-bond donors (Lipinski definition) is 1. The summed E-state index contributed by atoms with van der Waals surface area (Å²) < 4.78 is 1.14. The maximum absolute atomic E-state index is 5.61. The van der Waals surface area contributed by atoms with Crippen molar-refractivity contribution in [1.82, 2.24) is 20.1 Å². The molecule has 0 bridgehead atoms. The predicted octanol–water partition coefficient (Wildman–Crippen LogP) is 3.44. The molecule has 4 nitrogen and oxygen atoms in total. The molecule has 2 unspecified atom stereocenters. The van der Waals surface area contributed by atoms with Crippen LogP contribution in [0.4, 0.5) is 0 Å². The van der Waals surface area contributed by atoms with Gasteiger partial charge in [-0.05, 0) is 66.5 Å². The maximum Gasteiger partial charge on any atom is 0.170 e. The second kappa shape index (κ2) is 7.25. The minimum atomic E-state index is 0.0800. The summed E-state index contributed by atoms with van der Waals surface area (Å²) in [6.45, 7) is 1.85. The predicted molar refractivity (Wildman–Crippen MR) is 103 cm³/mol. The van der Waals surface area contributed by atoms with Gasteiger partial charge in [0, 0.05) is 24.2 Å². The first kappa shape index (κ1) is 16.8. The fourth-order valence-corrected chi connectivity index (χ4v) is 4.66. The van der Waals surface area contributed by atoms with Crippen molar-refractivity contribution in [1.29, 1.82) is 0 Å². The molecule has 3 heterocycles. The van der Waals surface area contributed by atoms with Crippen molar-refractivity contribution < 1.29 is 0 Å². The van der Waals surface area contributed by atoms with Crippen molar-refractivity contribution >= 4 is 44.6 Å². The summed E-state index contributed by atoms with van der Waals surface area (Å²) >= 11 is 10.9. The van der Waals surface area contributed by atoms with Crippen molar-refractivity contribution in [3.05, 3.63) is 50.9 Å². The molecular formula is C16H19BrN4S2. The third-order valence-electron chi connectivity index (χ3n) is 3.87. The second-order valence-electron chi connectivity index (χ2n) is 5.77. The van der Waals surface area contributed by atoms with Crippen molar-refractivity contribution in [2.75, 3.05) is 27.2 Å². The molecule has 2 atom stereocenters. The van der Waals surface area contributed by atoms with E-state index in [1.54, 1.807) is 11.3 Å². The van der Waals surface area contributed by atoms with Crippen LogP contribution < -0.4 is 5.32 Å². The Morgan fingerprint density at radius 3 is 2.78 bits per heavy atom. The van der Waals surface area contributed by atoms with Gasteiger partial charge < -0.3 is 15.1 Å². The first-order valence-corrected chi connectivity index (χ1v) is 9.46. The summed E-state index contributed by atoms with van der Waals surface area (Å²) in [4.78, 5) is 10.3. The van der Waals surface area contributed by atoms with E-state index < -0.39 is 0 Å². The zero-order valence-corrected chi connectivity index (χ0v) is 16.3. The number of thiophene rings is 1. The molecular weight excluding hydrogens is 392 g/mol. The fourth-order valence-electron chi connectivity index (χ4n) is 2.75. The summed E-state index contributed by atoms with van der Waals surface area (Å²) in [6, 6.07) is 10.6. The van der Waals surface area contributed by atoms with Crippen LogP contribution in [0.15, 0.2) is 40.3 Å². The number of rotatable bonds is 5. The molecule has 7 heteroatoms. The highest BCUT2D eigenvalue weighted by Crippen LogP contribution is 2.41. The molecule has 1 aliphatic heterocycles. The minimum Gasteiger partial charge on any atom is -0.352 e. The number of nitrogens with zero attached hydrogens (tertiary/aromatic N) is 3. The lowest BCUT2D eigenvalue weighted by Crippen LogP contribution is -2.35. The molecule has 0 radical (unpaired) electrons. The molecule has 2 aromatic heterocycles. The van der Waals surface area contributed by atoms with Crippen LogP contribution in [-0.2, 0) is 0 Å². The molecule has 3 rings (SSSR count). The number of nitrogens with one attached hydrogen (secondary N) is 1. The van der Waals surface area contributed by atoms with Crippen LogP contribution >= 0.6 is 39.5 Å². The van der Waals surface area contributed by atoms with Gasteiger partial charge in [-0.1, -0.05) is 6.07 Å².